The molecular weight excluding hydrogens is 371 g/mol. The van der Waals surface area contributed by atoms with Gasteiger partial charge in [0.05, 0.1) is 16.1 Å². The summed E-state index contributed by atoms with van der Waals surface area (Å²) in [6.45, 7) is 3.84. The topological polar surface area (TPSA) is 55.1 Å². The van der Waals surface area contributed by atoms with E-state index in [-0.39, 0.29) is 18.2 Å². The van der Waals surface area contributed by atoms with E-state index in [1.54, 1.807) is 24.3 Å². The summed E-state index contributed by atoms with van der Waals surface area (Å²) in [6, 6.07) is 14.5. The quantitative estimate of drug-likeness (QED) is 0.524. The standard InChI is InChI=1S/C20H18Cl2N2O2/c1-12-3-5-14(6-4-12)18(23-20-9-13(2)26-24-20)11-19(25)15-7-8-16(21)17(22)10-15/h3-10,18H,11H2,1-2H3,(H,23,24). The van der Waals surface area contributed by atoms with Gasteiger partial charge >= 0.3 is 0 Å². The van der Waals surface area contributed by atoms with Crippen LogP contribution in [-0.4, -0.2) is 10.9 Å². The summed E-state index contributed by atoms with van der Waals surface area (Å²) in [6.07, 6.45) is 0.243. The molecule has 1 N–H and O–H groups in total. The number of ketones is 1. The number of hydrogen-bond donors (Lipinski definition) is 1. The lowest BCUT2D eigenvalue weighted by Crippen LogP contribution is -2.16. The van der Waals surface area contributed by atoms with Gasteiger partial charge in [-0.1, -0.05) is 58.2 Å². The predicted octanol–water partition coefficient (Wildman–Crippen LogP) is 6.02. The van der Waals surface area contributed by atoms with Gasteiger partial charge in [0.2, 0.25) is 0 Å². The van der Waals surface area contributed by atoms with E-state index in [9.17, 15) is 4.79 Å². The highest BCUT2D eigenvalue weighted by Crippen LogP contribution is 2.27. The molecule has 0 saturated heterocycles. The Balaban J connectivity index is 1.85. The number of benzene rings is 2. The minimum absolute atomic E-state index is 0.0399. The van der Waals surface area contributed by atoms with Gasteiger partial charge in [-0.15, -0.1) is 0 Å². The lowest BCUT2D eigenvalue weighted by molar-refractivity contribution is 0.0976. The number of halogens is 2. The summed E-state index contributed by atoms with van der Waals surface area (Å²) in [5.74, 6) is 1.25. The smallest absolute Gasteiger partial charge is 0.170 e. The monoisotopic (exact) mass is 388 g/mol. The molecule has 0 saturated carbocycles. The fourth-order valence-electron chi connectivity index (χ4n) is 2.64. The molecule has 26 heavy (non-hydrogen) atoms. The molecular formula is C20H18Cl2N2O2. The van der Waals surface area contributed by atoms with Gasteiger partial charge in [0.25, 0.3) is 0 Å². The van der Waals surface area contributed by atoms with E-state index in [4.69, 9.17) is 27.7 Å². The van der Waals surface area contributed by atoms with Crippen LogP contribution in [0.5, 0.6) is 0 Å². The second kappa shape index (κ2) is 7.94. The number of Topliss-reactive ketones (excluding diaryl/α,β-unsaturated/α-hetero) is 1. The van der Waals surface area contributed by atoms with Crippen LogP contribution in [-0.2, 0) is 0 Å². The van der Waals surface area contributed by atoms with Crippen molar-refractivity contribution in [1.29, 1.82) is 0 Å². The van der Waals surface area contributed by atoms with Gasteiger partial charge in [-0.3, -0.25) is 4.79 Å². The van der Waals surface area contributed by atoms with Gasteiger partial charge in [0.15, 0.2) is 11.6 Å². The molecule has 6 heteroatoms. The van der Waals surface area contributed by atoms with Crippen molar-refractivity contribution in [1.82, 2.24) is 5.16 Å². The highest BCUT2D eigenvalue weighted by atomic mass is 35.5. The molecule has 0 aliphatic carbocycles. The highest BCUT2D eigenvalue weighted by Gasteiger charge is 2.19. The summed E-state index contributed by atoms with van der Waals surface area (Å²) >= 11 is 12.0. The summed E-state index contributed by atoms with van der Waals surface area (Å²) < 4.78 is 5.11. The van der Waals surface area contributed by atoms with E-state index in [1.165, 1.54) is 0 Å². The first-order valence-corrected chi connectivity index (χ1v) is 8.92. The van der Waals surface area contributed by atoms with E-state index in [0.29, 0.717) is 27.2 Å². The zero-order valence-corrected chi connectivity index (χ0v) is 15.9. The lowest BCUT2D eigenvalue weighted by atomic mass is 9.97. The molecule has 0 aliphatic rings. The molecule has 0 spiro atoms. The van der Waals surface area contributed by atoms with Crippen molar-refractivity contribution in [2.24, 2.45) is 0 Å². The van der Waals surface area contributed by atoms with Crippen LogP contribution in [0, 0.1) is 13.8 Å². The van der Waals surface area contributed by atoms with E-state index in [0.717, 1.165) is 11.1 Å². The third kappa shape index (κ3) is 4.45. The number of rotatable bonds is 6. The van der Waals surface area contributed by atoms with Crippen molar-refractivity contribution < 1.29 is 9.32 Å². The van der Waals surface area contributed by atoms with Crippen LogP contribution in [0.25, 0.3) is 0 Å². The van der Waals surface area contributed by atoms with Crippen molar-refractivity contribution in [3.05, 3.63) is 81.0 Å². The number of nitrogens with one attached hydrogen (secondary N) is 1. The average Bonchev–Trinajstić information content (AvgIpc) is 3.02. The number of nitrogens with zero attached hydrogens (tertiary/aromatic N) is 1. The minimum atomic E-state index is -0.248. The molecule has 0 fully saturated rings. The summed E-state index contributed by atoms with van der Waals surface area (Å²) in [4.78, 5) is 12.8. The first kappa shape index (κ1) is 18.5. The first-order valence-electron chi connectivity index (χ1n) is 8.17. The summed E-state index contributed by atoms with van der Waals surface area (Å²) in [5.41, 5.74) is 2.67. The Bertz CT molecular complexity index is 920. The number of carbonyl (C=O) groups excluding carboxylic acids is 1. The van der Waals surface area contributed by atoms with Gasteiger partial charge in [-0.25, -0.2) is 0 Å². The molecule has 2 aromatic carbocycles. The van der Waals surface area contributed by atoms with E-state index >= 15 is 0 Å². The molecule has 3 aromatic rings. The van der Waals surface area contributed by atoms with Crippen molar-refractivity contribution in [3.63, 3.8) is 0 Å². The largest absolute Gasteiger partial charge is 0.360 e. The second-order valence-electron chi connectivity index (χ2n) is 6.19. The van der Waals surface area contributed by atoms with Crippen molar-refractivity contribution in [2.45, 2.75) is 26.3 Å². The van der Waals surface area contributed by atoms with Gasteiger partial charge in [0, 0.05) is 18.1 Å². The van der Waals surface area contributed by atoms with Gasteiger partial charge in [-0.2, -0.15) is 0 Å². The zero-order chi connectivity index (χ0) is 18.7. The maximum Gasteiger partial charge on any atom is 0.170 e. The zero-order valence-electron chi connectivity index (χ0n) is 14.4. The van der Waals surface area contributed by atoms with Gasteiger partial charge in [-0.05, 0) is 37.6 Å². The van der Waals surface area contributed by atoms with Crippen molar-refractivity contribution >= 4 is 34.8 Å². The number of anilines is 1. The third-order valence-electron chi connectivity index (χ3n) is 4.06. The normalized spacial score (nSPS) is 12.0. The third-order valence-corrected chi connectivity index (χ3v) is 4.80. The SMILES string of the molecule is Cc1ccc(C(CC(=O)c2ccc(Cl)c(Cl)c2)Nc2cc(C)on2)cc1. The molecule has 0 aliphatic heterocycles. The summed E-state index contributed by atoms with van der Waals surface area (Å²) in [5, 5.41) is 8.04. The Kier molecular flexibility index (Phi) is 5.64. The molecule has 4 nitrogen and oxygen atoms in total. The Morgan fingerprint density at radius 3 is 2.42 bits per heavy atom. The van der Waals surface area contributed by atoms with Crippen molar-refractivity contribution in [3.8, 4) is 0 Å². The second-order valence-corrected chi connectivity index (χ2v) is 7.00. The molecule has 0 radical (unpaired) electrons. The maximum absolute atomic E-state index is 12.8. The number of aryl methyl sites for hydroxylation is 2. The van der Waals surface area contributed by atoms with E-state index < -0.39 is 0 Å². The number of carbonyl (C=O) groups is 1. The van der Waals surface area contributed by atoms with Crippen LogP contribution in [0.4, 0.5) is 5.82 Å². The molecule has 3 rings (SSSR count). The Morgan fingerprint density at radius 2 is 1.81 bits per heavy atom. The van der Waals surface area contributed by atoms with Crippen LogP contribution < -0.4 is 5.32 Å². The predicted molar refractivity (Wildman–Crippen MR) is 104 cm³/mol. The van der Waals surface area contributed by atoms with Gasteiger partial charge in [0.1, 0.15) is 5.76 Å². The van der Waals surface area contributed by atoms with E-state index in [2.05, 4.69) is 10.5 Å². The highest BCUT2D eigenvalue weighted by molar-refractivity contribution is 6.42. The van der Waals surface area contributed by atoms with Crippen LogP contribution >= 0.6 is 23.2 Å². The molecule has 0 amide bonds. The fourth-order valence-corrected chi connectivity index (χ4v) is 2.93. The van der Waals surface area contributed by atoms with Gasteiger partial charge < -0.3 is 9.84 Å². The summed E-state index contributed by atoms with van der Waals surface area (Å²) in [7, 11) is 0. The van der Waals surface area contributed by atoms with Crippen molar-refractivity contribution in [2.75, 3.05) is 5.32 Å². The van der Waals surface area contributed by atoms with Crippen LogP contribution in [0.2, 0.25) is 10.0 Å². The van der Waals surface area contributed by atoms with Crippen LogP contribution in [0.1, 0.15) is 39.7 Å². The molecule has 1 atom stereocenters. The number of aromatic nitrogens is 1. The maximum atomic E-state index is 12.8. The fraction of sp³-hybridized carbons (Fsp3) is 0.200. The lowest BCUT2D eigenvalue weighted by Gasteiger charge is -2.18. The van der Waals surface area contributed by atoms with Crippen LogP contribution in [0.15, 0.2) is 53.1 Å². The Morgan fingerprint density at radius 1 is 1.08 bits per heavy atom. The van der Waals surface area contributed by atoms with E-state index in [1.807, 2.05) is 38.1 Å². The number of hydrogen-bond acceptors (Lipinski definition) is 4. The molecule has 1 heterocycles. The molecule has 134 valence electrons. The first-order chi connectivity index (χ1) is 12.4. The average molecular weight is 389 g/mol. The molecule has 1 aromatic heterocycles. The Hall–Kier alpha value is -2.30. The molecule has 0 bridgehead atoms. The Labute approximate surface area is 162 Å². The minimum Gasteiger partial charge on any atom is -0.360 e. The molecule has 1 unspecified atom stereocenters. The van der Waals surface area contributed by atoms with Crippen LogP contribution in [0.3, 0.4) is 0 Å².